The van der Waals surface area contributed by atoms with Crippen LogP contribution >= 0.6 is 11.8 Å². The van der Waals surface area contributed by atoms with E-state index in [9.17, 15) is 9.59 Å². The molecule has 1 saturated carbocycles. The lowest BCUT2D eigenvalue weighted by Crippen LogP contribution is -2.68. The van der Waals surface area contributed by atoms with Crippen LogP contribution in [0.15, 0.2) is 0 Å². The Kier molecular flexibility index (Phi) is 4.20. The standard InChI is InChI=1S/C13H22N2O2S/c1-10(9-18-2)15-8-11(16)14-13(12(15)17)6-4-3-5-7-13/h10H,3-9H2,1-2H3,(H,14,16). The molecule has 18 heavy (non-hydrogen) atoms. The second kappa shape index (κ2) is 5.51. The molecule has 1 aliphatic carbocycles. The van der Waals surface area contributed by atoms with Crippen LogP contribution in [0.2, 0.25) is 0 Å². The lowest BCUT2D eigenvalue weighted by molar-refractivity contribution is -0.153. The van der Waals surface area contributed by atoms with E-state index in [-0.39, 0.29) is 24.4 Å². The third kappa shape index (κ3) is 2.51. The molecule has 1 aliphatic heterocycles. The van der Waals surface area contributed by atoms with Gasteiger partial charge in [-0.2, -0.15) is 11.8 Å². The first kappa shape index (κ1) is 13.7. The molecule has 1 spiro atoms. The fraction of sp³-hybridized carbons (Fsp3) is 0.846. The number of amides is 2. The number of thioether (sulfide) groups is 1. The quantitative estimate of drug-likeness (QED) is 0.843. The van der Waals surface area contributed by atoms with E-state index >= 15 is 0 Å². The van der Waals surface area contributed by atoms with Gasteiger partial charge in [0.15, 0.2) is 0 Å². The predicted octanol–water partition coefficient (Wildman–Crippen LogP) is 1.40. The summed E-state index contributed by atoms with van der Waals surface area (Å²) in [5.74, 6) is 1.03. The second-order valence-corrected chi connectivity index (χ2v) is 6.34. The van der Waals surface area contributed by atoms with Gasteiger partial charge in [-0.05, 0) is 26.0 Å². The molecule has 0 aromatic heterocycles. The smallest absolute Gasteiger partial charge is 0.249 e. The molecule has 1 N–H and O–H groups in total. The summed E-state index contributed by atoms with van der Waals surface area (Å²) in [5, 5.41) is 2.97. The molecule has 2 aliphatic rings. The van der Waals surface area contributed by atoms with Gasteiger partial charge in [0.25, 0.3) is 0 Å². The van der Waals surface area contributed by atoms with E-state index in [1.807, 2.05) is 13.2 Å². The number of rotatable bonds is 3. The Morgan fingerprint density at radius 2 is 2.00 bits per heavy atom. The van der Waals surface area contributed by atoms with Crippen molar-refractivity contribution >= 4 is 23.6 Å². The van der Waals surface area contributed by atoms with Crippen molar-refractivity contribution in [3.8, 4) is 0 Å². The topological polar surface area (TPSA) is 49.4 Å². The van der Waals surface area contributed by atoms with Gasteiger partial charge in [0.1, 0.15) is 5.54 Å². The van der Waals surface area contributed by atoms with Crippen LogP contribution in [-0.4, -0.2) is 46.8 Å². The molecular formula is C13H22N2O2S. The lowest BCUT2D eigenvalue weighted by atomic mass is 9.79. The van der Waals surface area contributed by atoms with Gasteiger partial charge in [-0.25, -0.2) is 0 Å². The first-order chi connectivity index (χ1) is 8.59. The van der Waals surface area contributed by atoms with Gasteiger partial charge in [-0.1, -0.05) is 19.3 Å². The zero-order chi connectivity index (χ0) is 13.2. The maximum Gasteiger partial charge on any atom is 0.249 e. The highest BCUT2D eigenvalue weighted by atomic mass is 32.2. The molecule has 0 radical (unpaired) electrons. The van der Waals surface area contributed by atoms with Gasteiger partial charge < -0.3 is 10.2 Å². The van der Waals surface area contributed by atoms with Crippen molar-refractivity contribution in [2.75, 3.05) is 18.6 Å². The van der Waals surface area contributed by atoms with Crippen molar-refractivity contribution in [2.45, 2.75) is 50.6 Å². The van der Waals surface area contributed by atoms with E-state index < -0.39 is 5.54 Å². The van der Waals surface area contributed by atoms with E-state index in [0.717, 1.165) is 31.4 Å². The molecular weight excluding hydrogens is 248 g/mol. The number of piperazine rings is 1. The first-order valence-electron chi connectivity index (χ1n) is 6.70. The van der Waals surface area contributed by atoms with Crippen LogP contribution in [0.3, 0.4) is 0 Å². The molecule has 1 unspecified atom stereocenters. The summed E-state index contributed by atoms with van der Waals surface area (Å²) < 4.78 is 0. The molecule has 1 heterocycles. The SMILES string of the molecule is CSCC(C)N1CC(=O)NC2(CCCCC2)C1=O. The number of carbonyl (C=O) groups is 2. The van der Waals surface area contributed by atoms with Crippen molar-refractivity contribution in [1.29, 1.82) is 0 Å². The van der Waals surface area contributed by atoms with E-state index in [1.54, 1.807) is 16.7 Å². The molecule has 2 fully saturated rings. The Morgan fingerprint density at radius 1 is 1.33 bits per heavy atom. The van der Waals surface area contributed by atoms with Crippen molar-refractivity contribution in [1.82, 2.24) is 10.2 Å². The van der Waals surface area contributed by atoms with Gasteiger partial charge in [-0.15, -0.1) is 0 Å². The van der Waals surface area contributed by atoms with Gasteiger partial charge in [0.05, 0.1) is 6.54 Å². The van der Waals surface area contributed by atoms with Gasteiger partial charge in [-0.3, -0.25) is 9.59 Å². The number of hydrogen-bond acceptors (Lipinski definition) is 3. The minimum absolute atomic E-state index is 0.00412. The summed E-state index contributed by atoms with van der Waals surface area (Å²) >= 11 is 1.72. The Morgan fingerprint density at radius 3 is 2.61 bits per heavy atom. The summed E-state index contributed by atoms with van der Waals surface area (Å²) in [6, 6.07) is 0.136. The Labute approximate surface area is 113 Å². The van der Waals surface area contributed by atoms with Gasteiger partial charge in [0.2, 0.25) is 11.8 Å². The second-order valence-electron chi connectivity index (χ2n) is 5.43. The van der Waals surface area contributed by atoms with Crippen molar-refractivity contribution in [3.05, 3.63) is 0 Å². The molecule has 2 rings (SSSR count). The molecule has 0 aromatic carbocycles. The zero-order valence-electron chi connectivity index (χ0n) is 11.2. The predicted molar refractivity (Wildman–Crippen MR) is 73.5 cm³/mol. The van der Waals surface area contributed by atoms with E-state index in [2.05, 4.69) is 5.32 Å². The van der Waals surface area contributed by atoms with Crippen LogP contribution in [-0.2, 0) is 9.59 Å². The van der Waals surface area contributed by atoms with Gasteiger partial charge in [0, 0.05) is 11.8 Å². The van der Waals surface area contributed by atoms with E-state index in [1.165, 1.54) is 6.42 Å². The third-order valence-electron chi connectivity index (χ3n) is 4.01. The highest BCUT2D eigenvalue weighted by Gasteiger charge is 2.47. The molecule has 4 nitrogen and oxygen atoms in total. The molecule has 1 saturated heterocycles. The summed E-state index contributed by atoms with van der Waals surface area (Å²) in [6.07, 6.45) is 6.89. The average Bonchev–Trinajstić information content (AvgIpc) is 2.35. The van der Waals surface area contributed by atoms with Crippen LogP contribution < -0.4 is 5.32 Å². The molecule has 1 atom stereocenters. The van der Waals surface area contributed by atoms with Crippen molar-refractivity contribution in [2.24, 2.45) is 0 Å². The highest BCUT2D eigenvalue weighted by Crippen LogP contribution is 2.32. The number of hydrogen-bond donors (Lipinski definition) is 1. The van der Waals surface area contributed by atoms with Crippen molar-refractivity contribution in [3.63, 3.8) is 0 Å². The minimum atomic E-state index is -0.583. The molecule has 2 amide bonds. The molecule has 0 aromatic rings. The number of nitrogens with one attached hydrogen (secondary N) is 1. The third-order valence-corrected chi connectivity index (χ3v) is 4.83. The maximum absolute atomic E-state index is 12.7. The monoisotopic (exact) mass is 270 g/mol. The first-order valence-corrected chi connectivity index (χ1v) is 8.09. The summed E-state index contributed by atoms with van der Waals surface area (Å²) in [4.78, 5) is 26.3. The van der Waals surface area contributed by atoms with Gasteiger partial charge >= 0.3 is 0 Å². The minimum Gasteiger partial charge on any atom is -0.340 e. The highest BCUT2D eigenvalue weighted by molar-refractivity contribution is 7.98. The summed E-state index contributed by atoms with van der Waals surface area (Å²) in [5.41, 5.74) is -0.583. The van der Waals surface area contributed by atoms with Crippen LogP contribution in [0.5, 0.6) is 0 Å². The van der Waals surface area contributed by atoms with E-state index in [0.29, 0.717) is 0 Å². The summed E-state index contributed by atoms with van der Waals surface area (Å²) in [7, 11) is 0. The Bertz CT molecular complexity index is 340. The van der Waals surface area contributed by atoms with Crippen LogP contribution in [0.25, 0.3) is 0 Å². The van der Waals surface area contributed by atoms with E-state index in [4.69, 9.17) is 0 Å². The maximum atomic E-state index is 12.7. The fourth-order valence-corrected chi connectivity index (χ4v) is 3.71. The fourth-order valence-electron chi connectivity index (χ4n) is 3.04. The molecule has 102 valence electrons. The zero-order valence-corrected chi connectivity index (χ0v) is 12.0. The molecule has 5 heteroatoms. The average molecular weight is 270 g/mol. The Hall–Kier alpha value is -0.710. The lowest BCUT2D eigenvalue weighted by Gasteiger charge is -2.46. The largest absolute Gasteiger partial charge is 0.340 e. The van der Waals surface area contributed by atoms with Crippen molar-refractivity contribution < 1.29 is 9.59 Å². The normalized spacial score (nSPS) is 25.1. The van der Waals surface area contributed by atoms with Crippen LogP contribution in [0, 0.1) is 0 Å². The summed E-state index contributed by atoms with van der Waals surface area (Å²) in [6.45, 7) is 2.26. The van der Waals surface area contributed by atoms with Crippen LogP contribution in [0.4, 0.5) is 0 Å². The van der Waals surface area contributed by atoms with Crippen LogP contribution in [0.1, 0.15) is 39.0 Å². The number of nitrogens with zero attached hydrogens (tertiary/aromatic N) is 1. The Balaban J connectivity index is 2.17. The molecule has 0 bridgehead atoms. The number of carbonyl (C=O) groups excluding carboxylic acids is 2.